The minimum atomic E-state index is -0.194. The van der Waals surface area contributed by atoms with Crippen molar-refractivity contribution >= 4 is 44.1 Å². The Hall–Kier alpha value is -1.87. The van der Waals surface area contributed by atoms with E-state index in [0.29, 0.717) is 16.8 Å². The smallest absolute Gasteiger partial charge is 0.190 e. The number of pyridine rings is 1. The van der Waals surface area contributed by atoms with E-state index in [1.807, 2.05) is 19.9 Å². The van der Waals surface area contributed by atoms with Gasteiger partial charge in [-0.15, -0.1) is 0 Å². The SMILES string of the molecule is [C-]#[N+]c1cc2c(-c3cnc(Br)c(C)c3Cl)cn(C3CCC(O)CC3)c2cc1C. The van der Waals surface area contributed by atoms with Gasteiger partial charge in [0.1, 0.15) is 4.60 Å². The summed E-state index contributed by atoms with van der Waals surface area (Å²) in [6.07, 6.45) is 7.27. The van der Waals surface area contributed by atoms with Gasteiger partial charge >= 0.3 is 0 Å². The average Bonchev–Trinajstić information content (AvgIpc) is 3.04. The van der Waals surface area contributed by atoms with E-state index in [1.54, 1.807) is 6.20 Å². The van der Waals surface area contributed by atoms with Crippen LogP contribution in [0.25, 0.3) is 26.9 Å². The largest absolute Gasteiger partial charge is 0.393 e. The van der Waals surface area contributed by atoms with Crippen LogP contribution in [0, 0.1) is 20.4 Å². The third-order valence-corrected chi connectivity index (χ3v) is 7.09. The predicted octanol–water partition coefficient (Wildman–Crippen LogP) is 6.76. The number of halogens is 2. The molecular formula is C22H21BrClN3O. The van der Waals surface area contributed by atoms with Crippen molar-refractivity contribution < 1.29 is 5.11 Å². The molecule has 0 saturated heterocycles. The van der Waals surface area contributed by atoms with E-state index in [0.717, 1.165) is 63.4 Å². The Balaban J connectivity index is 1.96. The lowest BCUT2D eigenvalue weighted by Gasteiger charge is -2.27. The second-order valence-corrected chi connectivity index (χ2v) is 8.71. The molecule has 0 spiro atoms. The number of aryl methyl sites for hydroxylation is 1. The number of aliphatic hydroxyl groups excluding tert-OH is 1. The van der Waals surface area contributed by atoms with E-state index in [2.05, 4.69) is 42.6 Å². The van der Waals surface area contributed by atoms with Gasteiger partial charge in [0.2, 0.25) is 0 Å². The lowest BCUT2D eigenvalue weighted by atomic mass is 9.93. The number of aliphatic hydroxyl groups is 1. The van der Waals surface area contributed by atoms with Crippen molar-refractivity contribution in [2.45, 2.75) is 51.7 Å². The lowest BCUT2D eigenvalue weighted by molar-refractivity contribution is 0.111. The molecule has 0 aliphatic heterocycles. The van der Waals surface area contributed by atoms with Crippen molar-refractivity contribution in [3.8, 4) is 11.1 Å². The Morgan fingerprint density at radius 2 is 1.93 bits per heavy atom. The van der Waals surface area contributed by atoms with Gasteiger partial charge in [0.25, 0.3) is 0 Å². The zero-order valence-electron chi connectivity index (χ0n) is 15.8. The van der Waals surface area contributed by atoms with Crippen molar-refractivity contribution in [1.82, 2.24) is 9.55 Å². The number of fused-ring (bicyclic) bond motifs is 1. The van der Waals surface area contributed by atoms with Crippen LogP contribution in [0.1, 0.15) is 42.9 Å². The van der Waals surface area contributed by atoms with Crippen LogP contribution in [0.2, 0.25) is 5.02 Å². The van der Waals surface area contributed by atoms with Crippen LogP contribution in [0.15, 0.2) is 29.1 Å². The Kier molecular flexibility index (Phi) is 5.22. The fourth-order valence-corrected chi connectivity index (χ4v) is 4.77. The number of benzene rings is 1. The summed E-state index contributed by atoms with van der Waals surface area (Å²) in [7, 11) is 0. The Bertz CT molecular complexity index is 1110. The molecule has 144 valence electrons. The van der Waals surface area contributed by atoms with Crippen LogP contribution in [0.5, 0.6) is 0 Å². The van der Waals surface area contributed by atoms with Crippen LogP contribution in [-0.4, -0.2) is 20.8 Å². The molecule has 1 saturated carbocycles. The molecule has 1 aliphatic carbocycles. The van der Waals surface area contributed by atoms with Crippen LogP contribution >= 0.6 is 27.5 Å². The van der Waals surface area contributed by atoms with E-state index in [-0.39, 0.29) is 6.10 Å². The minimum Gasteiger partial charge on any atom is -0.393 e. The number of aromatic nitrogens is 2. The standard InChI is InChI=1S/C22H21BrClN3O/c1-12-8-20-16(9-19(12)25-3)18(17-10-26-22(23)13(2)21(17)24)11-27(20)14-4-6-15(28)7-5-14/h8-11,14-15,28H,4-7H2,1-2H3. The maximum absolute atomic E-state index is 9.90. The molecule has 0 bridgehead atoms. The van der Waals surface area contributed by atoms with Crippen molar-refractivity contribution in [2.75, 3.05) is 0 Å². The first-order valence-electron chi connectivity index (χ1n) is 9.42. The summed E-state index contributed by atoms with van der Waals surface area (Å²) in [5, 5.41) is 11.6. The summed E-state index contributed by atoms with van der Waals surface area (Å²) < 4.78 is 3.05. The molecule has 2 heterocycles. The molecule has 1 fully saturated rings. The topological polar surface area (TPSA) is 42.4 Å². The first-order chi connectivity index (χ1) is 13.4. The summed E-state index contributed by atoms with van der Waals surface area (Å²) in [5.74, 6) is 0. The van der Waals surface area contributed by atoms with Crippen LogP contribution in [-0.2, 0) is 0 Å². The van der Waals surface area contributed by atoms with E-state index < -0.39 is 0 Å². The van der Waals surface area contributed by atoms with Gasteiger partial charge in [-0.1, -0.05) is 11.6 Å². The van der Waals surface area contributed by atoms with E-state index in [9.17, 15) is 5.11 Å². The highest BCUT2D eigenvalue weighted by Gasteiger charge is 2.24. The van der Waals surface area contributed by atoms with Crippen molar-refractivity contribution in [3.05, 3.63) is 56.7 Å². The number of nitrogens with zero attached hydrogens (tertiary/aromatic N) is 3. The number of rotatable bonds is 2. The molecule has 0 amide bonds. The van der Waals surface area contributed by atoms with Crippen molar-refractivity contribution in [1.29, 1.82) is 0 Å². The summed E-state index contributed by atoms with van der Waals surface area (Å²) in [4.78, 5) is 8.14. The van der Waals surface area contributed by atoms with E-state index >= 15 is 0 Å². The molecular weight excluding hydrogens is 438 g/mol. The second-order valence-electron chi connectivity index (χ2n) is 7.58. The zero-order chi connectivity index (χ0) is 20.0. The normalized spacial score (nSPS) is 19.7. The molecule has 1 N–H and O–H groups in total. The predicted molar refractivity (Wildman–Crippen MR) is 117 cm³/mol. The Morgan fingerprint density at radius 3 is 2.61 bits per heavy atom. The molecule has 1 aliphatic rings. The Labute approximate surface area is 178 Å². The average molecular weight is 459 g/mol. The molecule has 3 aromatic rings. The molecule has 4 rings (SSSR count). The zero-order valence-corrected chi connectivity index (χ0v) is 18.2. The number of hydrogen-bond acceptors (Lipinski definition) is 2. The highest BCUT2D eigenvalue weighted by molar-refractivity contribution is 9.10. The first kappa shape index (κ1) is 19.4. The van der Waals surface area contributed by atoms with Crippen LogP contribution in [0.4, 0.5) is 5.69 Å². The quantitative estimate of drug-likeness (QED) is 0.340. The van der Waals surface area contributed by atoms with Gasteiger partial charge in [-0.25, -0.2) is 9.83 Å². The molecule has 28 heavy (non-hydrogen) atoms. The highest BCUT2D eigenvalue weighted by Crippen LogP contribution is 2.42. The van der Waals surface area contributed by atoms with Gasteiger partial charge in [0, 0.05) is 40.6 Å². The Morgan fingerprint density at radius 1 is 1.21 bits per heavy atom. The van der Waals surface area contributed by atoms with Crippen LogP contribution < -0.4 is 0 Å². The molecule has 4 nitrogen and oxygen atoms in total. The third-order valence-electron chi connectivity index (χ3n) is 5.80. The van der Waals surface area contributed by atoms with Gasteiger partial charge < -0.3 is 9.67 Å². The van der Waals surface area contributed by atoms with Crippen LogP contribution in [0.3, 0.4) is 0 Å². The molecule has 0 radical (unpaired) electrons. The maximum Gasteiger partial charge on any atom is 0.190 e. The fraction of sp³-hybridized carbons (Fsp3) is 0.364. The lowest BCUT2D eigenvalue weighted by Crippen LogP contribution is -2.20. The monoisotopic (exact) mass is 457 g/mol. The maximum atomic E-state index is 9.90. The molecule has 2 aromatic heterocycles. The summed E-state index contributed by atoms with van der Waals surface area (Å²) >= 11 is 10.1. The molecule has 1 aromatic carbocycles. The molecule has 0 atom stereocenters. The third kappa shape index (κ3) is 3.24. The van der Waals surface area contributed by atoms with E-state index in [4.69, 9.17) is 18.2 Å². The minimum absolute atomic E-state index is 0.194. The molecule has 6 heteroatoms. The van der Waals surface area contributed by atoms with Gasteiger partial charge in [0.15, 0.2) is 5.69 Å². The van der Waals surface area contributed by atoms with Gasteiger partial charge in [-0.3, -0.25) is 0 Å². The fourth-order valence-electron chi connectivity index (χ4n) is 4.12. The van der Waals surface area contributed by atoms with Crippen molar-refractivity contribution in [3.63, 3.8) is 0 Å². The molecule has 0 unspecified atom stereocenters. The number of hydrogen-bond donors (Lipinski definition) is 1. The van der Waals surface area contributed by atoms with Gasteiger partial charge in [-0.05, 0) is 78.5 Å². The van der Waals surface area contributed by atoms with E-state index in [1.165, 1.54) is 0 Å². The summed E-state index contributed by atoms with van der Waals surface area (Å²) in [5.41, 5.74) is 5.51. The second kappa shape index (κ2) is 7.51. The summed E-state index contributed by atoms with van der Waals surface area (Å²) in [6, 6.07) is 4.40. The highest BCUT2D eigenvalue weighted by atomic mass is 79.9. The first-order valence-corrected chi connectivity index (χ1v) is 10.6. The van der Waals surface area contributed by atoms with Gasteiger partial charge in [0.05, 0.1) is 17.7 Å². The summed E-state index contributed by atoms with van der Waals surface area (Å²) in [6.45, 7) is 11.4. The van der Waals surface area contributed by atoms with Gasteiger partial charge in [-0.2, -0.15) is 0 Å². The van der Waals surface area contributed by atoms with Crippen molar-refractivity contribution in [2.24, 2.45) is 0 Å².